The lowest BCUT2D eigenvalue weighted by molar-refractivity contribution is -0.137. The molecule has 2 rings (SSSR count). The molecule has 0 bridgehead atoms. The maximum Gasteiger partial charge on any atom is 0.325 e. The second kappa shape index (κ2) is 5.22. The van der Waals surface area contributed by atoms with Crippen molar-refractivity contribution in [2.24, 2.45) is 0 Å². The van der Waals surface area contributed by atoms with Gasteiger partial charge in [0.25, 0.3) is 0 Å². The van der Waals surface area contributed by atoms with Crippen molar-refractivity contribution in [3.63, 3.8) is 0 Å². The Balaban J connectivity index is 2.13. The van der Waals surface area contributed by atoms with Gasteiger partial charge >= 0.3 is 5.97 Å². The van der Waals surface area contributed by atoms with Crippen LogP contribution in [0.2, 0.25) is 0 Å². The number of carbonyl (C=O) groups is 1. The van der Waals surface area contributed by atoms with Gasteiger partial charge in [-0.3, -0.25) is 9.78 Å². The summed E-state index contributed by atoms with van der Waals surface area (Å²) in [6, 6.07) is 3.00. The Morgan fingerprint density at radius 1 is 1.28 bits per heavy atom. The van der Waals surface area contributed by atoms with E-state index in [0.717, 1.165) is 11.1 Å². The predicted octanol–water partition coefficient (Wildman–Crippen LogP) is 1.42. The van der Waals surface area contributed by atoms with Crippen LogP contribution in [0.25, 0.3) is 11.1 Å². The van der Waals surface area contributed by atoms with Gasteiger partial charge in [-0.05, 0) is 13.0 Å². The highest BCUT2D eigenvalue weighted by atomic mass is 16.4. The molecule has 2 N–H and O–H groups in total. The second-order valence-electron chi connectivity index (χ2n) is 3.74. The highest BCUT2D eigenvalue weighted by Gasteiger charge is 2.11. The number of carboxylic acids is 1. The summed E-state index contributed by atoms with van der Waals surface area (Å²) >= 11 is 0. The monoisotopic (exact) mass is 244 g/mol. The lowest BCUT2D eigenvalue weighted by Crippen LogP contribution is -2.26. The summed E-state index contributed by atoms with van der Waals surface area (Å²) in [6.45, 7) is 1.53. The first-order valence-corrected chi connectivity index (χ1v) is 5.38. The first-order valence-electron chi connectivity index (χ1n) is 5.38. The van der Waals surface area contributed by atoms with E-state index < -0.39 is 12.0 Å². The van der Waals surface area contributed by atoms with Crippen LogP contribution in [0, 0.1) is 0 Å². The molecule has 0 aliphatic rings. The fourth-order valence-corrected chi connectivity index (χ4v) is 1.34. The number of pyridine rings is 1. The molecule has 0 fully saturated rings. The van der Waals surface area contributed by atoms with E-state index in [9.17, 15) is 4.79 Å². The maximum absolute atomic E-state index is 10.7. The summed E-state index contributed by atoms with van der Waals surface area (Å²) in [5.41, 5.74) is 1.74. The zero-order chi connectivity index (χ0) is 13.0. The number of hydrogen-bond donors (Lipinski definition) is 2. The Morgan fingerprint density at radius 2 is 2.00 bits per heavy atom. The second-order valence-corrected chi connectivity index (χ2v) is 3.74. The van der Waals surface area contributed by atoms with E-state index in [1.807, 2.05) is 12.1 Å². The Bertz CT molecular complexity index is 528. The molecule has 2 aromatic heterocycles. The number of carboxylic acid groups (broad SMARTS) is 1. The quantitative estimate of drug-likeness (QED) is 0.845. The van der Waals surface area contributed by atoms with Gasteiger partial charge in [0.2, 0.25) is 5.95 Å². The van der Waals surface area contributed by atoms with Crippen molar-refractivity contribution in [3.8, 4) is 11.1 Å². The Labute approximate surface area is 104 Å². The third kappa shape index (κ3) is 2.79. The van der Waals surface area contributed by atoms with Crippen molar-refractivity contribution in [2.75, 3.05) is 5.32 Å². The molecule has 0 aliphatic carbocycles. The normalized spacial score (nSPS) is 11.8. The van der Waals surface area contributed by atoms with Crippen molar-refractivity contribution in [1.82, 2.24) is 15.0 Å². The zero-order valence-corrected chi connectivity index (χ0v) is 9.74. The van der Waals surface area contributed by atoms with E-state index in [1.165, 1.54) is 6.92 Å². The molecular formula is C12H12N4O2. The van der Waals surface area contributed by atoms with Gasteiger partial charge in [-0.25, -0.2) is 9.97 Å². The predicted molar refractivity (Wildman–Crippen MR) is 66.0 cm³/mol. The molecule has 6 heteroatoms. The average Bonchev–Trinajstić information content (AvgIpc) is 2.40. The number of nitrogens with zero attached hydrogens (tertiary/aromatic N) is 3. The van der Waals surface area contributed by atoms with Crippen LogP contribution in [0.1, 0.15) is 6.92 Å². The SMILES string of the molecule is CC(Nc1ncc(-c2cccnc2)cn1)C(=O)O. The van der Waals surface area contributed by atoms with E-state index in [4.69, 9.17) is 5.11 Å². The molecule has 0 aliphatic heterocycles. The van der Waals surface area contributed by atoms with Gasteiger partial charge in [0.1, 0.15) is 6.04 Å². The molecule has 2 aromatic rings. The van der Waals surface area contributed by atoms with Gasteiger partial charge < -0.3 is 10.4 Å². The smallest absolute Gasteiger partial charge is 0.325 e. The molecule has 92 valence electrons. The molecule has 2 heterocycles. The van der Waals surface area contributed by atoms with Gasteiger partial charge in [-0.1, -0.05) is 6.07 Å². The van der Waals surface area contributed by atoms with E-state index in [0.29, 0.717) is 0 Å². The lowest BCUT2D eigenvalue weighted by Gasteiger charge is -2.08. The third-order valence-corrected chi connectivity index (χ3v) is 2.36. The average molecular weight is 244 g/mol. The summed E-state index contributed by atoms with van der Waals surface area (Å²) in [5.74, 6) is -0.660. The summed E-state index contributed by atoms with van der Waals surface area (Å²) < 4.78 is 0. The number of rotatable bonds is 4. The molecule has 6 nitrogen and oxygen atoms in total. The fourth-order valence-electron chi connectivity index (χ4n) is 1.34. The number of anilines is 1. The van der Waals surface area contributed by atoms with Crippen LogP contribution >= 0.6 is 0 Å². The van der Waals surface area contributed by atoms with Gasteiger partial charge in [-0.2, -0.15) is 0 Å². The van der Waals surface area contributed by atoms with Gasteiger partial charge in [0.05, 0.1) is 0 Å². The minimum absolute atomic E-state index is 0.289. The highest BCUT2D eigenvalue weighted by Crippen LogP contribution is 2.16. The summed E-state index contributed by atoms with van der Waals surface area (Å²) in [7, 11) is 0. The van der Waals surface area contributed by atoms with Gasteiger partial charge in [0.15, 0.2) is 0 Å². The van der Waals surface area contributed by atoms with Gasteiger partial charge in [-0.15, -0.1) is 0 Å². The Kier molecular flexibility index (Phi) is 3.47. The van der Waals surface area contributed by atoms with Crippen molar-refractivity contribution in [3.05, 3.63) is 36.9 Å². The Hall–Kier alpha value is -2.50. The van der Waals surface area contributed by atoms with Gasteiger partial charge in [0, 0.05) is 35.9 Å². The summed E-state index contributed by atoms with van der Waals surface area (Å²) in [6.07, 6.45) is 6.66. The number of hydrogen-bond acceptors (Lipinski definition) is 5. The highest BCUT2D eigenvalue weighted by molar-refractivity contribution is 5.75. The fraction of sp³-hybridized carbons (Fsp3) is 0.167. The Morgan fingerprint density at radius 3 is 2.56 bits per heavy atom. The lowest BCUT2D eigenvalue weighted by atomic mass is 10.2. The number of nitrogens with one attached hydrogen (secondary N) is 1. The van der Waals surface area contributed by atoms with Crippen LogP contribution < -0.4 is 5.32 Å². The third-order valence-electron chi connectivity index (χ3n) is 2.36. The van der Waals surface area contributed by atoms with Crippen molar-refractivity contribution in [2.45, 2.75) is 13.0 Å². The summed E-state index contributed by atoms with van der Waals surface area (Å²) in [4.78, 5) is 22.8. The van der Waals surface area contributed by atoms with Crippen LogP contribution in [-0.4, -0.2) is 32.1 Å². The molecule has 0 amide bonds. The minimum atomic E-state index is -0.949. The minimum Gasteiger partial charge on any atom is -0.480 e. The van der Waals surface area contributed by atoms with Crippen LogP contribution in [-0.2, 0) is 4.79 Å². The molecule has 0 saturated heterocycles. The molecule has 1 unspecified atom stereocenters. The summed E-state index contributed by atoms with van der Waals surface area (Å²) in [5, 5.41) is 11.4. The topological polar surface area (TPSA) is 88.0 Å². The first kappa shape index (κ1) is 12.0. The molecule has 0 saturated carbocycles. The largest absolute Gasteiger partial charge is 0.480 e. The molecule has 0 radical (unpaired) electrons. The molecule has 1 atom stereocenters. The number of aromatic nitrogens is 3. The van der Waals surface area contributed by atoms with E-state index in [1.54, 1.807) is 24.8 Å². The maximum atomic E-state index is 10.7. The standard InChI is InChI=1S/C12H12N4O2/c1-8(11(17)18)16-12-14-6-10(7-15-12)9-3-2-4-13-5-9/h2-8H,1H3,(H,17,18)(H,14,15,16). The van der Waals surface area contributed by atoms with E-state index in [2.05, 4.69) is 20.3 Å². The van der Waals surface area contributed by atoms with Crippen LogP contribution in [0.3, 0.4) is 0 Å². The van der Waals surface area contributed by atoms with Crippen molar-refractivity contribution >= 4 is 11.9 Å². The molecular weight excluding hydrogens is 232 g/mol. The van der Waals surface area contributed by atoms with Crippen LogP contribution in [0.5, 0.6) is 0 Å². The molecule has 0 spiro atoms. The van der Waals surface area contributed by atoms with E-state index in [-0.39, 0.29) is 5.95 Å². The zero-order valence-electron chi connectivity index (χ0n) is 9.74. The molecule has 0 aromatic carbocycles. The molecule has 18 heavy (non-hydrogen) atoms. The van der Waals surface area contributed by atoms with Crippen LogP contribution in [0.4, 0.5) is 5.95 Å². The van der Waals surface area contributed by atoms with Crippen molar-refractivity contribution < 1.29 is 9.90 Å². The van der Waals surface area contributed by atoms with E-state index >= 15 is 0 Å². The first-order chi connectivity index (χ1) is 8.66. The number of aliphatic carboxylic acids is 1. The van der Waals surface area contributed by atoms with Crippen LogP contribution in [0.15, 0.2) is 36.9 Å². The van der Waals surface area contributed by atoms with Crippen molar-refractivity contribution in [1.29, 1.82) is 0 Å².